The zero-order valence-corrected chi connectivity index (χ0v) is 18.5. The summed E-state index contributed by atoms with van der Waals surface area (Å²) in [6.07, 6.45) is 5.96. The standard InChI is InChI=1S/C24H26N4O2S/c1-3-4-14-28-22(21(26-24(28)31)19-11-5-6-13-25-19)20-12-8-15-27(20)18-10-7-9-17(16-18)23(29)30-2/h5-13,15-16,21-22H,3-4,14H2,1-2H3,(H,26,31)/t21-,22-/m0/s1. The number of nitrogens with zero attached hydrogens (tertiary/aromatic N) is 3. The van der Waals surface area contributed by atoms with Gasteiger partial charge in [-0.1, -0.05) is 25.5 Å². The van der Waals surface area contributed by atoms with Crippen molar-refractivity contribution in [2.45, 2.75) is 31.8 Å². The van der Waals surface area contributed by atoms with Crippen LogP contribution in [0.15, 0.2) is 67.0 Å². The molecule has 1 aliphatic rings. The maximum atomic E-state index is 12.1. The molecule has 3 heterocycles. The zero-order chi connectivity index (χ0) is 21.8. The van der Waals surface area contributed by atoms with Gasteiger partial charge in [-0.15, -0.1) is 0 Å². The Balaban J connectivity index is 1.78. The number of aromatic nitrogens is 2. The van der Waals surface area contributed by atoms with Crippen molar-refractivity contribution in [3.8, 4) is 5.69 Å². The van der Waals surface area contributed by atoms with Crippen LogP contribution in [0, 0.1) is 0 Å². The van der Waals surface area contributed by atoms with Crippen molar-refractivity contribution in [3.05, 3.63) is 83.9 Å². The highest BCUT2D eigenvalue weighted by Crippen LogP contribution is 2.39. The first-order valence-electron chi connectivity index (χ1n) is 10.5. The third-order valence-corrected chi connectivity index (χ3v) is 5.93. The summed E-state index contributed by atoms with van der Waals surface area (Å²) in [5.74, 6) is -0.352. The van der Waals surface area contributed by atoms with Crippen molar-refractivity contribution in [1.82, 2.24) is 19.8 Å². The molecule has 2 atom stereocenters. The summed E-state index contributed by atoms with van der Waals surface area (Å²) in [7, 11) is 1.39. The van der Waals surface area contributed by atoms with Gasteiger partial charge in [0, 0.05) is 30.3 Å². The second-order valence-electron chi connectivity index (χ2n) is 7.52. The summed E-state index contributed by atoms with van der Waals surface area (Å²) in [6, 6.07) is 17.5. The molecule has 0 amide bonds. The molecule has 7 heteroatoms. The lowest BCUT2D eigenvalue weighted by atomic mass is 10.0. The van der Waals surface area contributed by atoms with E-state index in [4.69, 9.17) is 17.0 Å². The molecule has 1 N–H and O–H groups in total. The van der Waals surface area contributed by atoms with E-state index in [1.165, 1.54) is 7.11 Å². The highest BCUT2D eigenvalue weighted by Gasteiger charge is 2.40. The van der Waals surface area contributed by atoms with Crippen molar-refractivity contribution in [2.24, 2.45) is 0 Å². The molecule has 1 saturated heterocycles. The van der Waals surface area contributed by atoms with Crippen molar-refractivity contribution < 1.29 is 9.53 Å². The Morgan fingerprint density at radius 1 is 1.19 bits per heavy atom. The molecule has 0 bridgehead atoms. The predicted octanol–water partition coefficient (Wildman–Crippen LogP) is 4.43. The molecule has 160 valence electrons. The summed E-state index contributed by atoms with van der Waals surface area (Å²) in [4.78, 5) is 18.9. The second-order valence-corrected chi connectivity index (χ2v) is 7.91. The average molecular weight is 435 g/mol. The number of thiocarbonyl (C=S) groups is 1. The molecule has 3 aromatic rings. The Hall–Kier alpha value is -3.19. The van der Waals surface area contributed by atoms with Crippen LogP contribution < -0.4 is 5.32 Å². The third kappa shape index (κ3) is 4.18. The number of esters is 1. The quantitative estimate of drug-likeness (QED) is 0.438. The highest BCUT2D eigenvalue weighted by molar-refractivity contribution is 7.80. The fraction of sp³-hybridized carbons (Fsp3) is 0.292. The molecule has 0 unspecified atom stereocenters. The Bertz CT molecular complexity index is 1070. The number of carbonyl (C=O) groups is 1. The van der Waals surface area contributed by atoms with E-state index in [2.05, 4.69) is 32.8 Å². The van der Waals surface area contributed by atoms with Crippen LogP contribution in [0.4, 0.5) is 0 Å². The molecular formula is C24H26N4O2S. The Morgan fingerprint density at radius 2 is 2.06 bits per heavy atom. The van der Waals surface area contributed by atoms with Gasteiger partial charge in [-0.3, -0.25) is 4.98 Å². The topological polar surface area (TPSA) is 59.4 Å². The van der Waals surface area contributed by atoms with Crippen LogP contribution in [0.2, 0.25) is 0 Å². The van der Waals surface area contributed by atoms with Crippen LogP contribution in [-0.4, -0.2) is 39.2 Å². The zero-order valence-electron chi connectivity index (χ0n) is 17.7. The van der Waals surface area contributed by atoms with E-state index in [9.17, 15) is 4.79 Å². The molecule has 31 heavy (non-hydrogen) atoms. The molecule has 1 fully saturated rings. The number of rotatable bonds is 7. The van der Waals surface area contributed by atoms with Crippen molar-refractivity contribution in [1.29, 1.82) is 0 Å². The normalized spacial score (nSPS) is 18.1. The molecule has 0 saturated carbocycles. The van der Waals surface area contributed by atoms with Gasteiger partial charge in [0.05, 0.1) is 30.5 Å². The minimum atomic E-state index is -0.352. The van der Waals surface area contributed by atoms with Crippen LogP contribution in [0.1, 0.15) is 53.6 Å². The van der Waals surface area contributed by atoms with Crippen LogP contribution in [-0.2, 0) is 4.74 Å². The Labute approximate surface area is 187 Å². The van der Waals surface area contributed by atoms with Gasteiger partial charge in [-0.25, -0.2) is 4.79 Å². The fourth-order valence-electron chi connectivity index (χ4n) is 4.07. The van der Waals surface area contributed by atoms with Gasteiger partial charge in [0.2, 0.25) is 0 Å². The molecule has 0 radical (unpaired) electrons. The molecule has 0 aliphatic carbocycles. The van der Waals surface area contributed by atoms with E-state index in [-0.39, 0.29) is 18.1 Å². The van der Waals surface area contributed by atoms with Gasteiger partial charge in [0.1, 0.15) is 0 Å². The Morgan fingerprint density at radius 3 is 2.81 bits per heavy atom. The van der Waals surface area contributed by atoms with E-state index in [1.54, 1.807) is 6.07 Å². The lowest BCUT2D eigenvalue weighted by molar-refractivity contribution is 0.0600. The van der Waals surface area contributed by atoms with Crippen LogP contribution in [0.25, 0.3) is 5.69 Å². The second kappa shape index (κ2) is 9.31. The van der Waals surface area contributed by atoms with E-state index in [0.29, 0.717) is 5.56 Å². The van der Waals surface area contributed by atoms with E-state index in [1.807, 2.05) is 54.9 Å². The summed E-state index contributed by atoms with van der Waals surface area (Å²) in [6.45, 7) is 3.04. The number of carbonyl (C=O) groups excluding carboxylic acids is 1. The molecule has 1 aliphatic heterocycles. The fourth-order valence-corrected chi connectivity index (χ4v) is 4.40. The average Bonchev–Trinajstić information content (AvgIpc) is 3.42. The largest absolute Gasteiger partial charge is 0.465 e. The lowest BCUT2D eigenvalue weighted by Crippen LogP contribution is -2.31. The van der Waals surface area contributed by atoms with Gasteiger partial charge in [-0.05, 0) is 61.1 Å². The van der Waals surface area contributed by atoms with Crippen molar-refractivity contribution >= 4 is 23.3 Å². The molecule has 6 nitrogen and oxygen atoms in total. The monoisotopic (exact) mass is 434 g/mol. The number of hydrogen-bond donors (Lipinski definition) is 1. The maximum Gasteiger partial charge on any atom is 0.337 e. The van der Waals surface area contributed by atoms with Crippen molar-refractivity contribution in [2.75, 3.05) is 13.7 Å². The van der Waals surface area contributed by atoms with Crippen LogP contribution in [0.5, 0.6) is 0 Å². The summed E-state index contributed by atoms with van der Waals surface area (Å²) < 4.78 is 7.01. The minimum absolute atomic E-state index is 0.0225. The third-order valence-electron chi connectivity index (χ3n) is 5.58. The number of ether oxygens (including phenoxy) is 1. The first-order chi connectivity index (χ1) is 15.1. The number of nitrogens with one attached hydrogen (secondary N) is 1. The highest BCUT2D eigenvalue weighted by atomic mass is 32.1. The van der Waals surface area contributed by atoms with E-state index in [0.717, 1.165) is 41.6 Å². The van der Waals surface area contributed by atoms with Gasteiger partial charge < -0.3 is 19.5 Å². The predicted molar refractivity (Wildman–Crippen MR) is 124 cm³/mol. The number of hydrogen-bond acceptors (Lipinski definition) is 4. The number of methoxy groups -OCH3 is 1. The molecule has 4 rings (SSSR count). The lowest BCUT2D eigenvalue weighted by Gasteiger charge is -2.29. The molecule has 0 spiro atoms. The Kier molecular flexibility index (Phi) is 6.32. The van der Waals surface area contributed by atoms with Crippen molar-refractivity contribution in [3.63, 3.8) is 0 Å². The van der Waals surface area contributed by atoms with E-state index >= 15 is 0 Å². The number of benzene rings is 1. The van der Waals surface area contributed by atoms with E-state index < -0.39 is 0 Å². The van der Waals surface area contributed by atoms with Gasteiger partial charge in [-0.2, -0.15) is 0 Å². The molecule has 1 aromatic carbocycles. The first kappa shape index (κ1) is 21.1. The SMILES string of the molecule is CCCCN1C(=S)N[C@@H](c2ccccn2)[C@@H]1c1cccn1-c1cccc(C(=O)OC)c1. The smallest absolute Gasteiger partial charge is 0.337 e. The summed E-state index contributed by atoms with van der Waals surface area (Å²) in [5.41, 5.74) is 3.45. The maximum absolute atomic E-state index is 12.1. The molecule has 2 aromatic heterocycles. The number of unbranched alkanes of at least 4 members (excludes halogenated alkanes) is 1. The summed E-state index contributed by atoms with van der Waals surface area (Å²) >= 11 is 5.73. The number of pyridine rings is 1. The van der Waals surface area contributed by atoms with Crippen LogP contribution in [0.3, 0.4) is 0 Å². The van der Waals surface area contributed by atoms with Gasteiger partial charge in [0.25, 0.3) is 0 Å². The minimum Gasteiger partial charge on any atom is -0.465 e. The van der Waals surface area contributed by atoms with Crippen LogP contribution >= 0.6 is 12.2 Å². The summed E-state index contributed by atoms with van der Waals surface area (Å²) in [5, 5.41) is 4.23. The van der Waals surface area contributed by atoms with Gasteiger partial charge >= 0.3 is 5.97 Å². The molecular weight excluding hydrogens is 408 g/mol. The first-order valence-corrected chi connectivity index (χ1v) is 10.9. The van der Waals surface area contributed by atoms with Gasteiger partial charge in [0.15, 0.2) is 5.11 Å².